The number of hydrogen-bond donors (Lipinski definition) is 0. The summed E-state index contributed by atoms with van der Waals surface area (Å²) >= 11 is 0. The highest BCUT2D eigenvalue weighted by atomic mass is 15.7. The van der Waals surface area contributed by atoms with E-state index in [1.807, 2.05) is 0 Å². The average Bonchev–Trinajstić information content (AvgIpc) is 2.79. The van der Waals surface area contributed by atoms with Crippen molar-refractivity contribution in [3.8, 4) is 0 Å². The van der Waals surface area contributed by atoms with Crippen molar-refractivity contribution < 1.29 is 0 Å². The summed E-state index contributed by atoms with van der Waals surface area (Å²) in [5, 5.41) is 4.71. The lowest BCUT2D eigenvalue weighted by atomic mass is 10.1. The van der Waals surface area contributed by atoms with E-state index >= 15 is 0 Å². The van der Waals surface area contributed by atoms with Crippen molar-refractivity contribution >= 4 is 6.72 Å². The minimum absolute atomic E-state index is 0.371. The molecule has 0 aromatic carbocycles. The van der Waals surface area contributed by atoms with Crippen LogP contribution in [0, 0.1) is 0 Å². The number of piperazine rings is 1. The Kier molecular flexibility index (Phi) is 4.36. The number of rotatable bonds is 4. The first-order valence-electron chi connectivity index (χ1n) is 8.03. The highest BCUT2D eigenvalue weighted by Crippen LogP contribution is 2.25. The molecule has 0 saturated carbocycles. The fraction of sp³-hybridized carbons (Fsp3) is 0.588. The van der Waals surface area contributed by atoms with E-state index in [9.17, 15) is 0 Å². The topological polar surface area (TPSA) is 25.3 Å². The Morgan fingerprint density at radius 3 is 2.82 bits per heavy atom. The minimum Gasteiger partial charge on any atom is -0.372 e. The maximum Gasteiger partial charge on any atom is 0.0686 e. The average molecular weight is 301 g/mol. The molecule has 3 rings (SSSR count). The standard InChI is InChI=1S/C17H27N5/c1-14-5-6-15(19(3)11-14)12-21-7-8-22-17(13-21)9-16(10-18-2)20(22)4/h5-6,9,11,15-16H,2,7-8,10,12-13H2,1,3-4H3. The van der Waals surface area contributed by atoms with Crippen molar-refractivity contribution in [1.29, 1.82) is 0 Å². The minimum atomic E-state index is 0.371. The van der Waals surface area contributed by atoms with Crippen LogP contribution in [-0.2, 0) is 0 Å². The van der Waals surface area contributed by atoms with E-state index in [0.29, 0.717) is 12.1 Å². The first-order valence-corrected chi connectivity index (χ1v) is 8.03. The third-order valence-electron chi connectivity index (χ3n) is 4.86. The SMILES string of the molecule is C=NCC1C=C2CN(CC3C=CC(C)=CN3C)CCN2N1C. The fourth-order valence-electron chi connectivity index (χ4n) is 3.55. The van der Waals surface area contributed by atoms with Gasteiger partial charge in [-0.15, -0.1) is 0 Å². The van der Waals surface area contributed by atoms with E-state index in [1.54, 1.807) is 0 Å². The number of fused-ring (bicyclic) bond motifs is 1. The molecule has 1 saturated heterocycles. The fourth-order valence-corrected chi connectivity index (χ4v) is 3.55. The van der Waals surface area contributed by atoms with E-state index in [1.165, 1.54) is 11.3 Å². The lowest BCUT2D eigenvalue weighted by Crippen LogP contribution is -2.52. The van der Waals surface area contributed by atoms with Gasteiger partial charge in [0, 0.05) is 52.2 Å². The molecule has 3 aliphatic rings. The number of aliphatic imine (C=N–C) groups is 1. The quantitative estimate of drug-likeness (QED) is 0.729. The van der Waals surface area contributed by atoms with Gasteiger partial charge in [-0.2, -0.15) is 0 Å². The van der Waals surface area contributed by atoms with Gasteiger partial charge in [0.05, 0.1) is 18.6 Å². The van der Waals surface area contributed by atoms with Gasteiger partial charge in [-0.1, -0.05) is 12.2 Å². The molecule has 2 atom stereocenters. The number of allylic oxidation sites excluding steroid dienone is 2. The summed E-state index contributed by atoms with van der Waals surface area (Å²) in [5.41, 5.74) is 2.74. The zero-order chi connectivity index (χ0) is 15.7. The molecule has 3 aliphatic heterocycles. The molecule has 0 aromatic rings. The number of likely N-dealkylation sites (N-methyl/N-ethyl adjacent to an activating group) is 2. The molecule has 0 radical (unpaired) electrons. The normalized spacial score (nSPS) is 29.4. The molecular formula is C17H27N5. The first kappa shape index (κ1) is 15.3. The predicted molar refractivity (Wildman–Crippen MR) is 91.6 cm³/mol. The third-order valence-corrected chi connectivity index (χ3v) is 4.86. The Morgan fingerprint density at radius 1 is 1.27 bits per heavy atom. The highest BCUT2D eigenvalue weighted by molar-refractivity contribution is 5.25. The van der Waals surface area contributed by atoms with Crippen molar-refractivity contribution in [3.05, 3.63) is 35.7 Å². The second kappa shape index (κ2) is 6.26. The Morgan fingerprint density at radius 2 is 2.09 bits per heavy atom. The summed E-state index contributed by atoms with van der Waals surface area (Å²) in [6, 6.07) is 0.843. The van der Waals surface area contributed by atoms with Crippen LogP contribution in [0.5, 0.6) is 0 Å². The molecule has 0 amide bonds. The van der Waals surface area contributed by atoms with Crippen molar-refractivity contribution in [2.24, 2.45) is 4.99 Å². The zero-order valence-corrected chi connectivity index (χ0v) is 13.9. The van der Waals surface area contributed by atoms with Gasteiger partial charge in [-0.25, -0.2) is 5.01 Å². The molecule has 2 unspecified atom stereocenters. The molecule has 0 aliphatic carbocycles. The summed E-state index contributed by atoms with van der Waals surface area (Å²) in [5.74, 6) is 0. The number of hydrazine groups is 1. The first-order chi connectivity index (χ1) is 10.6. The van der Waals surface area contributed by atoms with E-state index in [0.717, 1.165) is 32.7 Å². The lowest BCUT2D eigenvalue weighted by Gasteiger charge is -2.41. The molecule has 0 spiro atoms. The third kappa shape index (κ3) is 2.96. The molecule has 5 nitrogen and oxygen atoms in total. The monoisotopic (exact) mass is 301 g/mol. The van der Waals surface area contributed by atoms with Crippen LogP contribution >= 0.6 is 0 Å². The van der Waals surface area contributed by atoms with E-state index < -0.39 is 0 Å². The van der Waals surface area contributed by atoms with Crippen molar-refractivity contribution in [2.45, 2.75) is 19.0 Å². The van der Waals surface area contributed by atoms with Crippen LogP contribution in [0.15, 0.2) is 40.7 Å². The Hall–Kier alpha value is -1.59. The Balaban J connectivity index is 1.61. The molecule has 1 fully saturated rings. The van der Waals surface area contributed by atoms with Crippen LogP contribution in [0.2, 0.25) is 0 Å². The molecule has 5 heteroatoms. The van der Waals surface area contributed by atoms with Crippen molar-refractivity contribution in [1.82, 2.24) is 19.8 Å². The smallest absolute Gasteiger partial charge is 0.0686 e. The second-order valence-corrected chi connectivity index (χ2v) is 6.53. The molecule has 22 heavy (non-hydrogen) atoms. The van der Waals surface area contributed by atoms with Crippen LogP contribution in [0.25, 0.3) is 0 Å². The Bertz CT molecular complexity index is 521. The van der Waals surface area contributed by atoms with E-state index in [4.69, 9.17) is 0 Å². The largest absolute Gasteiger partial charge is 0.372 e. The van der Waals surface area contributed by atoms with Gasteiger partial charge in [0.25, 0.3) is 0 Å². The van der Waals surface area contributed by atoms with Gasteiger partial charge < -0.3 is 9.91 Å². The van der Waals surface area contributed by atoms with Crippen LogP contribution < -0.4 is 0 Å². The van der Waals surface area contributed by atoms with E-state index in [2.05, 4.69) is 77.0 Å². The maximum absolute atomic E-state index is 4.06. The zero-order valence-electron chi connectivity index (χ0n) is 13.9. The number of hydrogen-bond acceptors (Lipinski definition) is 5. The lowest BCUT2D eigenvalue weighted by molar-refractivity contribution is 0.00191. The van der Waals surface area contributed by atoms with Gasteiger partial charge in [-0.05, 0) is 25.3 Å². The summed E-state index contributed by atoms with van der Waals surface area (Å²) in [4.78, 5) is 8.93. The van der Waals surface area contributed by atoms with Crippen LogP contribution in [-0.4, -0.2) is 85.4 Å². The molecule has 0 N–H and O–H groups in total. The molecule has 3 heterocycles. The van der Waals surface area contributed by atoms with Gasteiger partial charge in [0.2, 0.25) is 0 Å². The molecular weight excluding hydrogens is 274 g/mol. The number of nitrogens with zero attached hydrogens (tertiary/aromatic N) is 5. The Labute approximate surface area is 133 Å². The van der Waals surface area contributed by atoms with Crippen LogP contribution in [0.4, 0.5) is 0 Å². The van der Waals surface area contributed by atoms with Crippen molar-refractivity contribution in [3.63, 3.8) is 0 Å². The summed E-state index contributed by atoms with van der Waals surface area (Å²) in [6.07, 6.45) is 9.14. The summed E-state index contributed by atoms with van der Waals surface area (Å²) in [7, 11) is 4.32. The van der Waals surface area contributed by atoms with Gasteiger partial charge >= 0.3 is 0 Å². The second-order valence-electron chi connectivity index (χ2n) is 6.53. The van der Waals surface area contributed by atoms with E-state index in [-0.39, 0.29) is 0 Å². The van der Waals surface area contributed by atoms with Gasteiger partial charge in [-0.3, -0.25) is 9.89 Å². The predicted octanol–water partition coefficient (Wildman–Crippen LogP) is 1.19. The van der Waals surface area contributed by atoms with Crippen molar-refractivity contribution in [2.75, 3.05) is 46.8 Å². The molecule has 0 aromatic heterocycles. The highest BCUT2D eigenvalue weighted by Gasteiger charge is 2.33. The summed E-state index contributed by atoms with van der Waals surface area (Å²) in [6.45, 7) is 10.8. The van der Waals surface area contributed by atoms with Gasteiger partial charge in [0.15, 0.2) is 0 Å². The maximum atomic E-state index is 4.06. The van der Waals surface area contributed by atoms with Crippen LogP contribution in [0.3, 0.4) is 0 Å². The van der Waals surface area contributed by atoms with Gasteiger partial charge in [0.1, 0.15) is 0 Å². The summed E-state index contributed by atoms with van der Waals surface area (Å²) < 4.78 is 0. The molecule has 0 bridgehead atoms. The molecule has 120 valence electrons. The van der Waals surface area contributed by atoms with Crippen LogP contribution in [0.1, 0.15) is 6.92 Å².